The van der Waals surface area contributed by atoms with E-state index >= 15 is 0 Å². The van der Waals surface area contributed by atoms with Crippen LogP contribution in [0.5, 0.6) is 11.5 Å². The van der Waals surface area contributed by atoms with Crippen molar-refractivity contribution >= 4 is 44.0 Å². The van der Waals surface area contributed by atoms with Gasteiger partial charge in [0.05, 0.1) is 39.7 Å². The zero-order chi connectivity index (χ0) is 49.5. The number of aromatic amines is 1. The number of sulfonamides is 1. The number of H-pyrrole nitrogens is 1. The molecule has 0 radical (unpaired) electrons. The molecule has 1 amide bonds. The molecule has 4 aliphatic rings. The van der Waals surface area contributed by atoms with Crippen molar-refractivity contribution in [2.24, 2.45) is 11.3 Å². The number of amides is 1. The Kier molecular flexibility index (Phi) is 13.4. The Hall–Kier alpha value is -6.27. The number of ether oxygens (including phenoxy) is 1. The molecule has 374 valence electrons. The Morgan fingerprint density at radius 1 is 1.00 bits per heavy atom. The van der Waals surface area contributed by atoms with Crippen molar-refractivity contribution in [3.8, 4) is 11.5 Å². The molecule has 71 heavy (non-hydrogen) atoms. The summed E-state index contributed by atoms with van der Waals surface area (Å²) in [5, 5.41) is 26.5. The molecule has 2 aliphatic carbocycles. The summed E-state index contributed by atoms with van der Waals surface area (Å²) in [6, 6.07) is 24.2. The summed E-state index contributed by atoms with van der Waals surface area (Å²) in [5.41, 5.74) is 4.80. The average Bonchev–Trinajstić information content (AvgIpc) is 4.05. The lowest BCUT2D eigenvalue weighted by Crippen LogP contribution is -2.60. The number of nitro benzene ring substituents is 1. The minimum absolute atomic E-state index is 0.0282. The highest BCUT2D eigenvalue weighted by Gasteiger charge is 2.50. The number of carbonyl (C=O) groups excluding carboxylic acids is 1. The molecule has 4 fully saturated rings. The third-order valence-corrected chi connectivity index (χ3v) is 17.1. The van der Waals surface area contributed by atoms with Crippen LogP contribution in [0.1, 0.15) is 111 Å². The second-order valence-electron chi connectivity index (χ2n) is 21.0. The van der Waals surface area contributed by atoms with Gasteiger partial charge in [-0.3, -0.25) is 24.7 Å². The first-order valence-electron chi connectivity index (χ1n) is 25.0. The number of nitro groups is 1. The summed E-state index contributed by atoms with van der Waals surface area (Å²) in [7, 11) is -4.58. The molecule has 17 heteroatoms. The fraction of sp³-hybridized carbons (Fsp3) is 0.444. The van der Waals surface area contributed by atoms with Crippen LogP contribution in [-0.4, -0.2) is 95.0 Å². The van der Waals surface area contributed by atoms with Crippen molar-refractivity contribution in [2.45, 2.75) is 107 Å². The Morgan fingerprint density at radius 2 is 1.79 bits per heavy atom. The molecule has 6 aromatic rings. The summed E-state index contributed by atoms with van der Waals surface area (Å²) in [6.45, 7) is 12.3. The van der Waals surface area contributed by atoms with Crippen LogP contribution < -0.4 is 19.7 Å². The smallest absolute Gasteiger partial charge is 0.293 e. The van der Waals surface area contributed by atoms with Crippen LogP contribution in [0.2, 0.25) is 0 Å². The van der Waals surface area contributed by atoms with Crippen LogP contribution in [-0.2, 0) is 16.6 Å². The summed E-state index contributed by atoms with van der Waals surface area (Å²) in [5.74, 6) is 0.178. The van der Waals surface area contributed by atoms with E-state index in [1.165, 1.54) is 28.8 Å². The van der Waals surface area contributed by atoms with Gasteiger partial charge in [-0.25, -0.2) is 18.1 Å². The largest absolute Gasteiger partial charge is 0.472 e. The molecule has 1 atom stereocenters. The number of nitrogens with zero attached hydrogens (tertiary/aromatic N) is 5. The number of carbonyl (C=O) groups is 1. The number of piperazine rings is 1. The number of piperidine rings is 1. The number of hydrogen-bond acceptors (Lipinski definition) is 13. The molecule has 0 bridgehead atoms. The van der Waals surface area contributed by atoms with Gasteiger partial charge in [-0.05, 0) is 129 Å². The SMILES string of the molecule is CC(C)c1ccccc1C1CN(Cc2ccoc2)CCN1C1CC2(CCN(c3ccc(C(=O)NS(=O)(=O)c4ccc(NCC5CCC(C)(O)CC5)c([N+](=O)[O-])c4)c(Oc4cnc5[nH]ccc5c4)c3)CC2)C1. The minimum atomic E-state index is -4.58. The van der Waals surface area contributed by atoms with Gasteiger partial charge in [-0.2, -0.15) is 0 Å². The molecule has 10 rings (SSSR count). The van der Waals surface area contributed by atoms with Gasteiger partial charge in [0.25, 0.3) is 21.6 Å². The van der Waals surface area contributed by atoms with E-state index in [1.54, 1.807) is 36.9 Å². The van der Waals surface area contributed by atoms with E-state index in [2.05, 4.69) is 78.9 Å². The predicted octanol–water partition coefficient (Wildman–Crippen LogP) is 9.76. The van der Waals surface area contributed by atoms with Gasteiger partial charge in [0.2, 0.25) is 0 Å². The number of aromatic nitrogens is 2. The van der Waals surface area contributed by atoms with E-state index in [-0.39, 0.29) is 28.3 Å². The third kappa shape index (κ3) is 10.5. The number of nitrogens with one attached hydrogen (secondary N) is 3. The quantitative estimate of drug-likeness (QED) is 0.0561. The number of hydrogen-bond donors (Lipinski definition) is 4. The molecule has 2 aliphatic heterocycles. The first kappa shape index (κ1) is 48.4. The Morgan fingerprint density at radius 3 is 2.54 bits per heavy atom. The highest BCUT2D eigenvalue weighted by Crippen LogP contribution is 2.53. The maximum Gasteiger partial charge on any atom is 0.293 e. The Bertz CT molecular complexity index is 2980. The van der Waals surface area contributed by atoms with Crippen LogP contribution in [0.25, 0.3) is 11.0 Å². The molecule has 2 saturated heterocycles. The van der Waals surface area contributed by atoms with Gasteiger partial charge in [0.15, 0.2) is 0 Å². The third-order valence-electron chi connectivity index (χ3n) is 15.7. The standard InChI is InChI=1S/C54H64N8O8S/c1-36(2)44-6-4-5-7-45(44)49-34-59(33-38-15-25-69-35-38)23-24-61(49)41-29-54(30-41)18-21-60(22-19-54)40-8-10-46(50(27-40)70-42-26-39-14-20-55-51(39)57-32-42)52(63)58-71(67,68)43-9-11-47(48(28-43)62(65)66)56-31-37-12-16-53(3,64)17-13-37/h4-11,14-15,20,25-28,32,35-37,41,49,56,64H,12-13,16-19,21-24,29-31,33-34H2,1-3H3,(H,55,57)(H,58,63). The number of benzene rings is 3. The molecule has 16 nitrogen and oxygen atoms in total. The second kappa shape index (κ2) is 19.7. The normalized spacial score (nSPS) is 22.1. The lowest BCUT2D eigenvalue weighted by atomic mass is 9.59. The molecular weight excluding hydrogens is 921 g/mol. The van der Waals surface area contributed by atoms with Gasteiger partial charge in [0.1, 0.15) is 22.8 Å². The van der Waals surface area contributed by atoms with Gasteiger partial charge in [-0.1, -0.05) is 38.1 Å². The Balaban J connectivity index is 0.834. The fourth-order valence-corrected chi connectivity index (χ4v) is 12.6. The first-order chi connectivity index (χ1) is 34.1. The number of rotatable bonds is 15. The molecule has 1 spiro atoms. The predicted molar refractivity (Wildman–Crippen MR) is 272 cm³/mol. The van der Waals surface area contributed by atoms with Crippen molar-refractivity contribution in [2.75, 3.05) is 49.5 Å². The van der Waals surface area contributed by atoms with E-state index < -0.39 is 37.0 Å². The number of pyridine rings is 1. The maximum absolute atomic E-state index is 14.1. The van der Waals surface area contributed by atoms with Crippen molar-refractivity contribution in [1.29, 1.82) is 0 Å². The van der Waals surface area contributed by atoms with E-state index in [9.17, 15) is 28.4 Å². The van der Waals surface area contributed by atoms with E-state index in [4.69, 9.17) is 9.15 Å². The number of anilines is 2. The minimum Gasteiger partial charge on any atom is -0.472 e. The van der Waals surface area contributed by atoms with E-state index in [1.807, 2.05) is 25.3 Å². The van der Waals surface area contributed by atoms with E-state index in [0.717, 1.165) is 94.9 Å². The fourth-order valence-electron chi connectivity index (χ4n) is 11.6. The average molecular weight is 985 g/mol. The molecule has 2 saturated carbocycles. The first-order valence-corrected chi connectivity index (χ1v) is 26.5. The van der Waals surface area contributed by atoms with Gasteiger partial charge >= 0.3 is 0 Å². The highest BCUT2D eigenvalue weighted by atomic mass is 32.2. The van der Waals surface area contributed by atoms with Gasteiger partial charge in [0, 0.05) is 92.9 Å². The maximum atomic E-state index is 14.1. The summed E-state index contributed by atoms with van der Waals surface area (Å²) in [6.07, 6.45) is 14.0. The van der Waals surface area contributed by atoms with E-state index in [0.29, 0.717) is 48.8 Å². The molecule has 5 heterocycles. The molecule has 4 N–H and O–H groups in total. The van der Waals surface area contributed by atoms with Crippen molar-refractivity contribution in [1.82, 2.24) is 24.5 Å². The zero-order valence-corrected chi connectivity index (χ0v) is 41.5. The van der Waals surface area contributed by atoms with Gasteiger partial charge < -0.3 is 29.5 Å². The van der Waals surface area contributed by atoms with Crippen LogP contribution in [0.3, 0.4) is 0 Å². The summed E-state index contributed by atoms with van der Waals surface area (Å²) < 4.78 is 41.6. The number of aliphatic hydroxyl groups is 1. The lowest BCUT2D eigenvalue weighted by Gasteiger charge is -2.58. The topological polar surface area (TPSA) is 199 Å². The van der Waals surface area contributed by atoms with Gasteiger partial charge in [-0.15, -0.1) is 0 Å². The van der Waals surface area contributed by atoms with Crippen LogP contribution in [0, 0.1) is 21.4 Å². The molecule has 3 aromatic carbocycles. The number of furan rings is 1. The molecular formula is C54H64N8O8S. The summed E-state index contributed by atoms with van der Waals surface area (Å²) in [4.78, 5) is 40.4. The number of fused-ring (bicyclic) bond motifs is 1. The monoisotopic (exact) mass is 984 g/mol. The second-order valence-corrected chi connectivity index (χ2v) is 22.7. The zero-order valence-electron chi connectivity index (χ0n) is 40.7. The molecule has 3 aromatic heterocycles. The van der Waals surface area contributed by atoms with Crippen LogP contribution >= 0.6 is 0 Å². The van der Waals surface area contributed by atoms with Crippen molar-refractivity contribution in [3.63, 3.8) is 0 Å². The molecule has 1 unspecified atom stereocenters. The highest BCUT2D eigenvalue weighted by molar-refractivity contribution is 7.90. The Labute approximate surface area is 415 Å². The lowest BCUT2D eigenvalue weighted by molar-refractivity contribution is -0.384. The van der Waals surface area contributed by atoms with Crippen LogP contribution in [0.4, 0.5) is 17.1 Å². The summed E-state index contributed by atoms with van der Waals surface area (Å²) >= 11 is 0. The van der Waals surface area contributed by atoms with Crippen molar-refractivity contribution < 1.29 is 32.4 Å². The van der Waals surface area contributed by atoms with Crippen LogP contribution in [0.15, 0.2) is 113 Å². The van der Waals surface area contributed by atoms with Crippen molar-refractivity contribution in [3.05, 3.63) is 136 Å².